The summed E-state index contributed by atoms with van der Waals surface area (Å²) in [6, 6.07) is 4.78. The number of esters is 1. The van der Waals surface area contributed by atoms with Gasteiger partial charge in [-0.1, -0.05) is 6.07 Å². The van der Waals surface area contributed by atoms with Crippen molar-refractivity contribution in [3.8, 4) is 6.26 Å². The number of hydrogen-bond donors (Lipinski definition) is 0. The van der Waals surface area contributed by atoms with Crippen LogP contribution >= 0.6 is 0 Å². The standard InChI is InChI=1S/C12H10N2O4/c13-7-18-12(15)6-10-5-9(8-1-2-8)3-4-11(10)14(16)17/h3-5,8H,1-2,6H2. The molecule has 1 saturated carbocycles. The van der Waals surface area contributed by atoms with E-state index in [0.29, 0.717) is 11.5 Å². The molecule has 1 aromatic rings. The zero-order valence-electron chi connectivity index (χ0n) is 9.46. The second kappa shape index (κ2) is 4.84. The second-order valence-corrected chi connectivity index (χ2v) is 4.16. The van der Waals surface area contributed by atoms with Crippen molar-refractivity contribution in [2.45, 2.75) is 25.2 Å². The number of benzene rings is 1. The monoisotopic (exact) mass is 246 g/mol. The van der Waals surface area contributed by atoms with E-state index < -0.39 is 10.9 Å². The minimum absolute atomic E-state index is 0.116. The van der Waals surface area contributed by atoms with E-state index in [1.807, 2.05) is 0 Å². The van der Waals surface area contributed by atoms with E-state index in [1.165, 1.54) is 12.3 Å². The smallest absolute Gasteiger partial charge is 0.326 e. The zero-order chi connectivity index (χ0) is 13.1. The van der Waals surface area contributed by atoms with E-state index in [1.54, 1.807) is 12.1 Å². The first-order valence-corrected chi connectivity index (χ1v) is 5.48. The number of nitriles is 1. The molecule has 0 radical (unpaired) electrons. The normalized spacial score (nSPS) is 13.7. The average Bonchev–Trinajstić information content (AvgIpc) is 3.12. The second-order valence-electron chi connectivity index (χ2n) is 4.16. The fourth-order valence-corrected chi connectivity index (χ4v) is 1.84. The number of nitro benzene ring substituents is 1. The van der Waals surface area contributed by atoms with Gasteiger partial charge in [-0.2, -0.15) is 0 Å². The van der Waals surface area contributed by atoms with Crippen molar-refractivity contribution in [2.75, 3.05) is 0 Å². The zero-order valence-corrected chi connectivity index (χ0v) is 9.46. The Morgan fingerprint density at radius 1 is 1.56 bits per heavy atom. The molecule has 0 atom stereocenters. The van der Waals surface area contributed by atoms with E-state index >= 15 is 0 Å². The van der Waals surface area contributed by atoms with Gasteiger partial charge in [0.15, 0.2) is 0 Å². The summed E-state index contributed by atoms with van der Waals surface area (Å²) in [5, 5.41) is 19.1. The van der Waals surface area contributed by atoms with Crippen LogP contribution < -0.4 is 0 Å². The highest BCUT2D eigenvalue weighted by molar-refractivity contribution is 5.75. The first-order valence-electron chi connectivity index (χ1n) is 5.48. The Balaban J connectivity index is 2.28. The van der Waals surface area contributed by atoms with Gasteiger partial charge in [-0.05, 0) is 30.4 Å². The number of rotatable bonds is 4. The minimum Gasteiger partial charge on any atom is -0.351 e. The van der Waals surface area contributed by atoms with Gasteiger partial charge < -0.3 is 4.74 Å². The molecule has 0 amide bonds. The van der Waals surface area contributed by atoms with Crippen molar-refractivity contribution in [3.05, 3.63) is 39.4 Å². The van der Waals surface area contributed by atoms with Gasteiger partial charge in [0.2, 0.25) is 0 Å². The lowest BCUT2D eigenvalue weighted by molar-refractivity contribution is -0.385. The summed E-state index contributed by atoms with van der Waals surface area (Å²) in [6.07, 6.45) is 3.15. The predicted molar refractivity (Wildman–Crippen MR) is 60.5 cm³/mol. The quantitative estimate of drug-likeness (QED) is 0.350. The van der Waals surface area contributed by atoms with Crippen LogP contribution in [0.2, 0.25) is 0 Å². The van der Waals surface area contributed by atoms with Gasteiger partial charge in [0.1, 0.15) is 0 Å². The van der Waals surface area contributed by atoms with Crippen LogP contribution in [-0.2, 0) is 16.0 Å². The third-order valence-corrected chi connectivity index (χ3v) is 2.84. The number of nitrogens with zero attached hydrogens (tertiary/aromatic N) is 2. The molecule has 0 unspecified atom stereocenters. The Labute approximate surface area is 103 Å². The van der Waals surface area contributed by atoms with Gasteiger partial charge in [-0.3, -0.25) is 14.9 Å². The van der Waals surface area contributed by atoms with Crippen LogP contribution in [0.1, 0.15) is 29.9 Å². The molecule has 0 aromatic heterocycles. The fourth-order valence-electron chi connectivity index (χ4n) is 1.84. The van der Waals surface area contributed by atoms with Crippen LogP contribution in [0.4, 0.5) is 5.69 Å². The van der Waals surface area contributed by atoms with Crippen LogP contribution in [0.3, 0.4) is 0 Å². The molecule has 6 heteroatoms. The van der Waals surface area contributed by atoms with Crippen LogP contribution in [0.25, 0.3) is 0 Å². The van der Waals surface area contributed by atoms with Gasteiger partial charge in [0.25, 0.3) is 11.9 Å². The minimum atomic E-state index is -0.784. The van der Waals surface area contributed by atoms with Gasteiger partial charge >= 0.3 is 5.97 Å². The first kappa shape index (κ1) is 12.0. The van der Waals surface area contributed by atoms with Crippen LogP contribution in [0.15, 0.2) is 18.2 Å². The number of carbonyl (C=O) groups is 1. The van der Waals surface area contributed by atoms with E-state index in [9.17, 15) is 14.9 Å². The summed E-state index contributed by atoms with van der Waals surface area (Å²) in [4.78, 5) is 21.5. The SMILES string of the molecule is N#COC(=O)Cc1cc(C2CC2)ccc1[N+](=O)[O-]. The molecule has 0 spiro atoms. The van der Waals surface area contributed by atoms with Gasteiger partial charge in [0.05, 0.1) is 11.3 Å². The summed E-state index contributed by atoms with van der Waals surface area (Å²) in [7, 11) is 0. The summed E-state index contributed by atoms with van der Waals surface area (Å²) in [6.45, 7) is 0. The molecule has 92 valence electrons. The number of nitro groups is 1. The van der Waals surface area contributed by atoms with E-state index in [-0.39, 0.29) is 12.1 Å². The maximum atomic E-state index is 11.2. The first-order chi connectivity index (χ1) is 8.61. The highest BCUT2D eigenvalue weighted by atomic mass is 16.6. The molecule has 6 nitrogen and oxygen atoms in total. The van der Waals surface area contributed by atoms with Gasteiger partial charge in [-0.15, -0.1) is 5.26 Å². The topological polar surface area (TPSA) is 93.2 Å². The van der Waals surface area contributed by atoms with E-state index in [0.717, 1.165) is 18.4 Å². The maximum Gasteiger partial charge on any atom is 0.326 e. The predicted octanol–water partition coefficient (Wildman–Crippen LogP) is 2.04. The molecule has 1 aliphatic rings. The molecule has 0 heterocycles. The molecule has 0 bridgehead atoms. The van der Waals surface area contributed by atoms with Crippen molar-refractivity contribution in [3.63, 3.8) is 0 Å². The Morgan fingerprint density at radius 3 is 2.83 bits per heavy atom. The lowest BCUT2D eigenvalue weighted by Crippen LogP contribution is -2.07. The highest BCUT2D eigenvalue weighted by Gasteiger charge is 2.26. The molecular weight excluding hydrogens is 236 g/mol. The van der Waals surface area contributed by atoms with Gasteiger partial charge in [-0.25, -0.2) is 0 Å². The van der Waals surface area contributed by atoms with Crippen molar-refractivity contribution in [2.24, 2.45) is 0 Å². The molecule has 0 N–H and O–H groups in total. The van der Waals surface area contributed by atoms with Crippen LogP contribution in [-0.4, -0.2) is 10.9 Å². The number of carbonyl (C=O) groups excluding carboxylic acids is 1. The summed E-state index contributed by atoms with van der Waals surface area (Å²) >= 11 is 0. The summed E-state index contributed by atoms with van der Waals surface area (Å²) < 4.78 is 4.14. The lowest BCUT2D eigenvalue weighted by atomic mass is 10.0. The Morgan fingerprint density at radius 2 is 2.28 bits per heavy atom. The van der Waals surface area contributed by atoms with E-state index in [4.69, 9.17) is 5.26 Å². The van der Waals surface area contributed by atoms with Crippen molar-refractivity contribution in [1.82, 2.24) is 0 Å². The summed E-state index contributed by atoms with van der Waals surface area (Å²) in [5.41, 5.74) is 1.18. The highest BCUT2D eigenvalue weighted by Crippen LogP contribution is 2.41. The average molecular weight is 246 g/mol. The molecule has 0 aliphatic heterocycles. The van der Waals surface area contributed by atoms with Crippen molar-refractivity contribution < 1.29 is 14.5 Å². The Bertz CT molecular complexity index is 543. The third-order valence-electron chi connectivity index (χ3n) is 2.84. The van der Waals surface area contributed by atoms with E-state index in [2.05, 4.69) is 4.74 Å². The lowest BCUT2D eigenvalue weighted by Gasteiger charge is -2.04. The van der Waals surface area contributed by atoms with Crippen molar-refractivity contribution >= 4 is 11.7 Å². The van der Waals surface area contributed by atoms with Crippen LogP contribution in [0.5, 0.6) is 0 Å². The molecule has 18 heavy (non-hydrogen) atoms. The summed E-state index contributed by atoms with van der Waals surface area (Å²) in [5.74, 6) is -0.343. The Kier molecular flexibility index (Phi) is 3.24. The fraction of sp³-hybridized carbons (Fsp3) is 0.333. The van der Waals surface area contributed by atoms with Crippen LogP contribution in [0, 0.1) is 21.6 Å². The molecular formula is C12H10N2O4. The Hall–Kier alpha value is -2.42. The molecule has 2 rings (SSSR count). The largest absolute Gasteiger partial charge is 0.351 e. The van der Waals surface area contributed by atoms with Crippen molar-refractivity contribution in [1.29, 1.82) is 5.26 Å². The third kappa shape index (κ3) is 2.63. The molecule has 1 fully saturated rings. The number of hydrogen-bond acceptors (Lipinski definition) is 5. The molecule has 1 aliphatic carbocycles. The molecule has 1 aromatic carbocycles. The van der Waals surface area contributed by atoms with Gasteiger partial charge in [0, 0.05) is 11.6 Å². The maximum absolute atomic E-state index is 11.2. The molecule has 0 saturated heterocycles. The number of ether oxygens (including phenoxy) is 1.